The van der Waals surface area contributed by atoms with Gasteiger partial charge in [-0.1, -0.05) is 30.3 Å². The molecule has 2 rings (SSSR count). The molecule has 1 aromatic carbocycles. The van der Waals surface area contributed by atoms with E-state index in [0.29, 0.717) is 17.8 Å². The Labute approximate surface area is 122 Å². The summed E-state index contributed by atoms with van der Waals surface area (Å²) in [5.74, 6) is -1.36. The first-order valence-electron chi connectivity index (χ1n) is 6.63. The maximum Gasteiger partial charge on any atom is 0.323 e. The number of benzene rings is 1. The zero-order valence-electron chi connectivity index (χ0n) is 12.0. The molecule has 6 nitrogen and oxygen atoms in total. The van der Waals surface area contributed by atoms with Crippen molar-refractivity contribution in [1.29, 1.82) is 0 Å². The van der Waals surface area contributed by atoms with Crippen molar-refractivity contribution >= 4 is 11.9 Å². The van der Waals surface area contributed by atoms with Crippen LogP contribution < -0.4 is 0 Å². The maximum atomic E-state index is 12.5. The van der Waals surface area contributed by atoms with Crippen LogP contribution in [-0.4, -0.2) is 44.8 Å². The molecule has 1 N–H and O–H groups in total. The highest BCUT2D eigenvalue weighted by atomic mass is 16.4. The van der Waals surface area contributed by atoms with E-state index in [1.165, 1.54) is 11.1 Å². The Morgan fingerprint density at radius 1 is 1.29 bits per heavy atom. The van der Waals surface area contributed by atoms with Gasteiger partial charge in [0.05, 0.1) is 17.5 Å². The summed E-state index contributed by atoms with van der Waals surface area (Å²) in [6, 6.07) is 9.43. The van der Waals surface area contributed by atoms with Gasteiger partial charge in [0, 0.05) is 19.2 Å². The van der Waals surface area contributed by atoms with E-state index in [1.807, 2.05) is 30.3 Å². The van der Waals surface area contributed by atoms with Crippen molar-refractivity contribution in [3.05, 3.63) is 42.1 Å². The topological polar surface area (TPSA) is 75.4 Å². The van der Waals surface area contributed by atoms with Crippen molar-refractivity contribution in [2.45, 2.75) is 6.92 Å². The highest BCUT2D eigenvalue weighted by molar-refractivity contribution is 6.01. The third-order valence-corrected chi connectivity index (χ3v) is 3.21. The molecule has 6 heteroatoms. The summed E-state index contributed by atoms with van der Waals surface area (Å²) in [6.45, 7) is 1.76. The van der Waals surface area contributed by atoms with Gasteiger partial charge in [-0.3, -0.25) is 14.3 Å². The Morgan fingerprint density at radius 3 is 2.52 bits per heavy atom. The van der Waals surface area contributed by atoms with E-state index < -0.39 is 5.97 Å². The first kappa shape index (κ1) is 14.8. The van der Waals surface area contributed by atoms with Crippen molar-refractivity contribution in [3.63, 3.8) is 0 Å². The van der Waals surface area contributed by atoms with Gasteiger partial charge in [0.1, 0.15) is 6.54 Å². The van der Waals surface area contributed by atoms with Gasteiger partial charge >= 0.3 is 5.97 Å². The number of carbonyl (C=O) groups excluding carboxylic acids is 1. The molecule has 0 fully saturated rings. The molecule has 0 bridgehead atoms. The fourth-order valence-electron chi connectivity index (χ4n) is 2.19. The molecule has 1 amide bonds. The summed E-state index contributed by atoms with van der Waals surface area (Å²) >= 11 is 0. The average molecular weight is 287 g/mol. The number of likely N-dealkylation sites (N-methyl/N-ethyl adjacent to an activating group) is 1. The summed E-state index contributed by atoms with van der Waals surface area (Å²) in [6.07, 6.45) is 1.48. The Morgan fingerprint density at radius 2 is 1.95 bits per heavy atom. The summed E-state index contributed by atoms with van der Waals surface area (Å²) in [5.41, 5.74) is 1.96. The van der Waals surface area contributed by atoms with Crippen LogP contribution in [0, 0.1) is 0 Å². The Balaban J connectivity index is 2.41. The molecule has 0 radical (unpaired) electrons. The molecule has 1 aromatic heterocycles. The number of aliphatic carboxylic acids is 1. The van der Waals surface area contributed by atoms with Crippen molar-refractivity contribution in [2.75, 3.05) is 13.1 Å². The third kappa shape index (κ3) is 3.10. The lowest BCUT2D eigenvalue weighted by molar-refractivity contribution is -0.137. The number of carboxylic acids is 1. The minimum Gasteiger partial charge on any atom is -0.480 e. The first-order valence-corrected chi connectivity index (χ1v) is 6.63. The summed E-state index contributed by atoms with van der Waals surface area (Å²) < 4.78 is 1.62. The van der Waals surface area contributed by atoms with E-state index in [9.17, 15) is 9.59 Å². The summed E-state index contributed by atoms with van der Waals surface area (Å²) in [7, 11) is 1.76. The van der Waals surface area contributed by atoms with Gasteiger partial charge in [-0.05, 0) is 6.92 Å². The normalized spacial score (nSPS) is 10.4. The fraction of sp³-hybridized carbons (Fsp3) is 0.267. The van der Waals surface area contributed by atoms with Crippen LogP contribution in [-0.2, 0) is 11.8 Å². The minimum absolute atomic E-state index is 0.321. The number of aryl methyl sites for hydroxylation is 1. The van der Waals surface area contributed by atoms with E-state index in [0.717, 1.165) is 5.56 Å². The van der Waals surface area contributed by atoms with Crippen LogP contribution in [0.5, 0.6) is 0 Å². The molecule has 2 aromatic rings. The lowest BCUT2D eigenvalue weighted by Crippen LogP contribution is -2.35. The van der Waals surface area contributed by atoms with Crippen LogP contribution in [0.15, 0.2) is 36.5 Å². The minimum atomic E-state index is -1.03. The molecule has 0 unspecified atom stereocenters. The number of rotatable bonds is 5. The standard InChI is InChI=1S/C15H17N3O3/c1-3-18(10-13(19)20)15(21)12-9-16-17(2)14(12)11-7-5-4-6-8-11/h4-9H,3,10H2,1-2H3,(H,19,20). The SMILES string of the molecule is CCN(CC(=O)O)C(=O)c1cnn(C)c1-c1ccccc1. The van der Waals surface area contributed by atoms with Crippen LogP contribution in [0.1, 0.15) is 17.3 Å². The predicted molar refractivity (Wildman–Crippen MR) is 77.9 cm³/mol. The van der Waals surface area contributed by atoms with E-state index in [2.05, 4.69) is 5.10 Å². The number of hydrogen-bond acceptors (Lipinski definition) is 3. The summed E-state index contributed by atoms with van der Waals surface area (Å²) in [5, 5.41) is 13.0. The van der Waals surface area contributed by atoms with Gasteiger partial charge in [-0.15, -0.1) is 0 Å². The zero-order valence-corrected chi connectivity index (χ0v) is 12.0. The number of carbonyl (C=O) groups is 2. The van der Waals surface area contributed by atoms with Gasteiger partial charge in [0.15, 0.2) is 0 Å². The van der Waals surface area contributed by atoms with Gasteiger partial charge in [-0.2, -0.15) is 5.10 Å². The van der Waals surface area contributed by atoms with Gasteiger partial charge in [-0.25, -0.2) is 0 Å². The second-order valence-electron chi connectivity index (χ2n) is 4.61. The Kier molecular flexibility index (Phi) is 4.37. The van der Waals surface area contributed by atoms with Crippen LogP contribution in [0.25, 0.3) is 11.3 Å². The van der Waals surface area contributed by atoms with Crippen molar-refractivity contribution in [1.82, 2.24) is 14.7 Å². The molecule has 0 saturated heterocycles. The quantitative estimate of drug-likeness (QED) is 0.907. The molecule has 0 aliphatic carbocycles. The molecular formula is C15H17N3O3. The highest BCUT2D eigenvalue weighted by Crippen LogP contribution is 2.23. The Hall–Kier alpha value is -2.63. The second kappa shape index (κ2) is 6.21. The molecule has 1 heterocycles. The van der Waals surface area contributed by atoms with Crippen LogP contribution in [0.4, 0.5) is 0 Å². The lowest BCUT2D eigenvalue weighted by Gasteiger charge is -2.18. The van der Waals surface area contributed by atoms with Crippen LogP contribution >= 0.6 is 0 Å². The molecule has 21 heavy (non-hydrogen) atoms. The van der Waals surface area contributed by atoms with E-state index in [-0.39, 0.29) is 12.5 Å². The fourth-order valence-corrected chi connectivity index (χ4v) is 2.19. The zero-order chi connectivity index (χ0) is 15.4. The predicted octanol–water partition coefficient (Wildman–Crippen LogP) is 1.63. The number of carboxylic acid groups (broad SMARTS) is 1. The summed E-state index contributed by atoms with van der Waals surface area (Å²) in [4.78, 5) is 24.7. The van der Waals surface area contributed by atoms with Crippen LogP contribution in [0.2, 0.25) is 0 Å². The third-order valence-electron chi connectivity index (χ3n) is 3.21. The lowest BCUT2D eigenvalue weighted by atomic mass is 10.1. The molecule has 0 atom stereocenters. The smallest absolute Gasteiger partial charge is 0.323 e. The molecule has 0 aliphatic rings. The van der Waals surface area contributed by atoms with Gasteiger partial charge < -0.3 is 10.0 Å². The largest absolute Gasteiger partial charge is 0.480 e. The first-order chi connectivity index (χ1) is 10.0. The van der Waals surface area contributed by atoms with Crippen molar-refractivity contribution < 1.29 is 14.7 Å². The molecule has 0 aliphatic heterocycles. The molecule has 110 valence electrons. The molecular weight excluding hydrogens is 270 g/mol. The number of nitrogens with zero attached hydrogens (tertiary/aromatic N) is 3. The molecule has 0 spiro atoms. The number of amides is 1. The monoisotopic (exact) mass is 287 g/mol. The van der Waals surface area contributed by atoms with Crippen LogP contribution in [0.3, 0.4) is 0 Å². The number of hydrogen-bond donors (Lipinski definition) is 1. The maximum absolute atomic E-state index is 12.5. The Bertz CT molecular complexity index is 649. The van der Waals surface area contributed by atoms with Crippen molar-refractivity contribution in [2.24, 2.45) is 7.05 Å². The highest BCUT2D eigenvalue weighted by Gasteiger charge is 2.23. The molecule has 0 saturated carbocycles. The van der Waals surface area contributed by atoms with E-state index in [4.69, 9.17) is 5.11 Å². The average Bonchev–Trinajstić information content (AvgIpc) is 2.86. The number of aromatic nitrogens is 2. The van der Waals surface area contributed by atoms with Gasteiger partial charge in [0.2, 0.25) is 0 Å². The van der Waals surface area contributed by atoms with Crippen molar-refractivity contribution in [3.8, 4) is 11.3 Å². The van der Waals surface area contributed by atoms with E-state index in [1.54, 1.807) is 18.7 Å². The second-order valence-corrected chi connectivity index (χ2v) is 4.61. The van der Waals surface area contributed by atoms with Gasteiger partial charge in [0.25, 0.3) is 5.91 Å². The van der Waals surface area contributed by atoms with E-state index >= 15 is 0 Å².